The second kappa shape index (κ2) is 7.31. The summed E-state index contributed by atoms with van der Waals surface area (Å²) in [7, 11) is 1.55. The maximum absolute atomic E-state index is 11.2. The van der Waals surface area contributed by atoms with E-state index in [2.05, 4.69) is 26.1 Å². The number of benzene rings is 1. The highest BCUT2D eigenvalue weighted by Gasteiger charge is 2.21. The number of methoxy groups -OCH3 is 1. The number of hydrogen-bond acceptors (Lipinski definition) is 4. The van der Waals surface area contributed by atoms with Gasteiger partial charge in [-0.25, -0.2) is 4.79 Å². The van der Waals surface area contributed by atoms with Crippen molar-refractivity contribution >= 4 is 5.97 Å². The highest BCUT2D eigenvalue weighted by Crippen LogP contribution is 2.32. The zero-order valence-corrected chi connectivity index (χ0v) is 13.4. The standard InChI is InChI=1S/C16H25NO4/c1-6-12(15(18)19)21-14-11(10-17-16(2,3)4)8-7-9-13(14)20-5/h7-9,12,17H,6,10H2,1-5H3,(H,18,19). The molecule has 0 saturated heterocycles. The molecule has 0 heterocycles. The fraction of sp³-hybridized carbons (Fsp3) is 0.562. The summed E-state index contributed by atoms with van der Waals surface area (Å²) in [5.74, 6) is 0.0621. The maximum Gasteiger partial charge on any atom is 0.344 e. The molecule has 0 aliphatic carbocycles. The number of aliphatic carboxylic acids is 1. The molecule has 0 amide bonds. The summed E-state index contributed by atoms with van der Waals surface area (Å²) in [5, 5.41) is 12.5. The molecule has 0 aromatic heterocycles. The Morgan fingerprint density at radius 1 is 1.38 bits per heavy atom. The van der Waals surface area contributed by atoms with E-state index in [0.717, 1.165) is 5.56 Å². The SMILES string of the molecule is CCC(Oc1c(CNC(C)(C)C)cccc1OC)C(=O)O. The van der Waals surface area contributed by atoms with Gasteiger partial charge in [0.25, 0.3) is 0 Å². The van der Waals surface area contributed by atoms with Gasteiger partial charge in [0.05, 0.1) is 7.11 Å². The molecule has 5 nitrogen and oxygen atoms in total. The molecule has 0 aliphatic heterocycles. The second-order valence-corrected chi connectivity index (χ2v) is 5.91. The summed E-state index contributed by atoms with van der Waals surface area (Å²) < 4.78 is 11.0. The summed E-state index contributed by atoms with van der Waals surface area (Å²) >= 11 is 0. The Morgan fingerprint density at radius 2 is 2.05 bits per heavy atom. The maximum atomic E-state index is 11.2. The number of nitrogens with one attached hydrogen (secondary N) is 1. The molecule has 118 valence electrons. The first-order valence-electron chi connectivity index (χ1n) is 7.09. The van der Waals surface area contributed by atoms with E-state index in [1.807, 2.05) is 12.1 Å². The molecule has 1 aromatic carbocycles. The topological polar surface area (TPSA) is 67.8 Å². The average Bonchev–Trinajstić information content (AvgIpc) is 2.41. The first kappa shape index (κ1) is 17.3. The van der Waals surface area contributed by atoms with E-state index in [-0.39, 0.29) is 5.54 Å². The Labute approximate surface area is 126 Å². The highest BCUT2D eigenvalue weighted by atomic mass is 16.5. The van der Waals surface area contributed by atoms with Crippen LogP contribution in [0.15, 0.2) is 18.2 Å². The van der Waals surface area contributed by atoms with Crippen molar-refractivity contribution in [2.45, 2.75) is 52.3 Å². The molecule has 0 aliphatic rings. The van der Waals surface area contributed by atoms with E-state index in [1.165, 1.54) is 0 Å². The fourth-order valence-electron chi connectivity index (χ4n) is 1.81. The van der Waals surface area contributed by atoms with Gasteiger partial charge in [0, 0.05) is 17.6 Å². The fourth-order valence-corrected chi connectivity index (χ4v) is 1.81. The van der Waals surface area contributed by atoms with E-state index in [4.69, 9.17) is 14.6 Å². The number of carboxylic acid groups (broad SMARTS) is 1. The van der Waals surface area contributed by atoms with Crippen LogP contribution < -0.4 is 14.8 Å². The molecule has 0 fully saturated rings. The average molecular weight is 295 g/mol. The Morgan fingerprint density at radius 3 is 2.52 bits per heavy atom. The molecular weight excluding hydrogens is 270 g/mol. The van der Waals surface area contributed by atoms with Gasteiger partial charge in [-0.1, -0.05) is 19.1 Å². The Balaban J connectivity index is 3.05. The second-order valence-electron chi connectivity index (χ2n) is 5.91. The zero-order chi connectivity index (χ0) is 16.0. The number of hydrogen-bond donors (Lipinski definition) is 2. The zero-order valence-electron chi connectivity index (χ0n) is 13.4. The molecule has 0 saturated carbocycles. The molecule has 0 radical (unpaired) electrons. The first-order chi connectivity index (χ1) is 9.78. The van der Waals surface area contributed by atoms with E-state index < -0.39 is 12.1 Å². The summed E-state index contributed by atoms with van der Waals surface area (Å²) in [6.45, 7) is 8.56. The van der Waals surface area contributed by atoms with Gasteiger partial charge in [-0.05, 0) is 33.3 Å². The minimum Gasteiger partial charge on any atom is -0.493 e. The van der Waals surface area contributed by atoms with Crippen LogP contribution in [0.25, 0.3) is 0 Å². The third-order valence-corrected chi connectivity index (χ3v) is 3.00. The van der Waals surface area contributed by atoms with Crippen LogP contribution in [-0.2, 0) is 11.3 Å². The lowest BCUT2D eigenvalue weighted by molar-refractivity contribution is -0.145. The minimum absolute atomic E-state index is 0.0443. The van der Waals surface area contributed by atoms with Gasteiger partial charge in [0.1, 0.15) is 0 Å². The van der Waals surface area contributed by atoms with Crippen LogP contribution in [0.1, 0.15) is 39.7 Å². The van der Waals surface area contributed by atoms with E-state index in [0.29, 0.717) is 24.5 Å². The van der Waals surface area contributed by atoms with Crippen molar-refractivity contribution in [3.05, 3.63) is 23.8 Å². The predicted molar refractivity (Wildman–Crippen MR) is 81.9 cm³/mol. The lowest BCUT2D eigenvalue weighted by Gasteiger charge is -2.23. The van der Waals surface area contributed by atoms with Gasteiger partial charge < -0.3 is 19.9 Å². The van der Waals surface area contributed by atoms with Crippen molar-refractivity contribution in [1.82, 2.24) is 5.32 Å². The highest BCUT2D eigenvalue weighted by molar-refractivity contribution is 5.73. The van der Waals surface area contributed by atoms with E-state index >= 15 is 0 Å². The molecule has 1 rings (SSSR count). The minimum atomic E-state index is -0.974. The Bertz CT molecular complexity index is 480. The quantitative estimate of drug-likeness (QED) is 0.809. The Hall–Kier alpha value is -1.75. The van der Waals surface area contributed by atoms with Gasteiger partial charge >= 0.3 is 5.97 Å². The number of ether oxygens (including phenoxy) is 2. The van der Waals surface area contributed by atoms with Gasteiger partial charge in [-0.15, -0.1) is 0 Å². The van der Waals surface area contributed by atoms with Gasteiger partial charge in [-0.3, -0.25) is 0 Å². The first-order valence-corrected chi connectivity index (χ1v) is 7.09. The molecule has 1 unspecified atom stereocenters. The summed E-state index contributed by atoms with van der Waals surface area (Å²) in [6, 6.07) is 5.54. The van der Waals surface area contributed by atoms with Crippen molar-refractivity contribution in [3.8, 4) is 11.5 Å². The van der Waals surface area contributed by atoms with E-state index in [1.54, 1.807) is 20.1 Å². The molecule has 5 heteroatoms. The summed E-state index contributed by atoms with van der Waals surface area (Å²) in [4.78, 5) is 11.2. The van der Waals surface area contributed by atoms with Crippen molar-refractivity contribution < 1.29 is 19.4 Å². The molecule has 1 aromatic rings. The number of carbonyl (C=O) groups is 1. The summed E-state index contributed by atoms with van der Waals surface area (Å²) in [6.07, 6.45) is -0.492. The van der Waals surface area contributed by atoms with Crippen molar-refractivity contribution in [2.24, 2.45) is 0 Å². The molecule has 0 spiro atoms. The molecular formula is C16H25NO4. The van der Waals surface area contributed by atoms with Crippen LogP contribution in [0.5, 0.6) is 11.5 Å². The molecule has 1 atom stereocenters. The van der Waals surface area contributed by atoms with Gasteiger partial charge in [0.2, 0.25) is 0 Å². The lowest BCUT2D eigenvalue weighted by atomic mass is 10.1. The van der Waals surface area contributed by atoms with Crippen LogP contribution in [-0.4, -0.2) is 29.8 Å². The third kappa shape index (κ3) is 5.27. The van der Waals surface area contributed by atoms with Gasteiger partial charge in [0.15, 0.2) is 17.6 Å². The van der Waals surface area contributed by atoms with Crippen LogP contribution >= 0.6 is 0 Å². The smallest absolute Gasteiger partial charge is 0.344 e. The molecule has 2 N–H and O–H groups in total. The predicted octanol–water partition coefficient (Wildman–Crippen LogP) is 2.83. The van der Waals surface area contributed by atoms with Crippen LogP contribution in [0, 0.1) is 0 Å². The number of rotatable bonds is 7. The molecule has 0 bridgehead atoms. The molecule has 21 heavy (non-hydrogen) atoms. The van der Waals surface area contributed by atoms with Crippen molar-refractivity contribution in [2.75, 3.05) is 7.11 Å². The van der Waals surface area contributed by atoms with Crippen molar-refractivity contribution in [1.29, 1.82) is 0 Å². The number of para-hydroxylation sites is 1. The van der Waals surface area contributed by atoms with Crippen LogP contribution in [0.4, 0.5) is 0 Å². The summed E-state index contributed by atoms with van der Waals surface area (Å²) in [5.41, 5.74) is 0.834. The van der Waals surface area contributed by atoms with Gasteiger partial charge in [-0.2, -0.15) is 0 Å². The Kier molecular flexibility index (Phi) is 6.03. The largest absolute Gasteiger partial charge is 0.493 e. The lowest BCUT2D eigenvalue weighted by Crippen LogP contribution is -2.35. The van der Waals surface area contributed by atoms with E-state index in [9.17, 15) is 4.79 Å². The third-order valence-electron chi connectivity index (χ3n) is 3.00. The normalized spacial score (nSPS) is 12.8. The monoisotopic (exact) mass is 295 g/mol. The number of carboxylic acids is 1. The van der Waals surface area contributed by atoms with Crippen LogP contribution in [0.2, 0.25) is 0 Å². The van der Waals surface area contributed by atoms with Crippen LogP contribution in [0.3, 0.4) is 0 Å². The van der Waals surface area contributed by atoms with Crippen molar-refractivity contribution in [3.63, 3.8) is 0 Å².